The van der Waals surface area contributed by atoms with Crippen LogP contribution in [0.25, 0.3) is 21.5 Å². The molecule has 0 aliphatic heterocycles. The molecule has 1 aromatic carbocycles. The number of halogens is 1. The zero-order valence-corrected chi connectivity index (χ0v) is 11.5. The Morgan fingerprint density at radius 2 is 2.29 bits per heavy atom. The van der Waals surface area contributed by atoms with E-state index in [1.165, 1.54) is 20.4 Å². The van der Waals surface area contributed by atoms with E-state index >= 15 is 0 Å². The van der Waals surface area contributed by atoms with E-state index in [0.29, 0.717) is 5.82 Å². The Balaban J connectivity index is 2.18. The number of thiophene rings is 1. The van der Waals surface area contributed by atoms with Crippen LogP contribution in [0.1, 0.15) is 5.56 Å². The molecule has 3 aromatic rings. The van der Waals surface area contributed by atoms with Crippen molar-refractivity contribution in [3.63, 3.8) is 0 Å². The van der Waals surface area contributed by atoms with Gasteiger partial charge in [0, 0.05) is 15.6 Å². The normalized spacial score (nSPS) is 11.2. The SMILES string of the molecule is Cn1nnc(-c2ccc3scc(CBr)c3c2)n1. The van der Waals surface area contributed by atoms with Crippen LogP contribution in [-0.2, 0) is 12.4 Å². The average Bonchev–Trinajstić information content (AvgIpc) is 2.94. The maximum Gasteiger partial charge on any atom is 0.204 e. The van der Waals surface area contributed by atoms with Crippen molar-refractivity contribution in [2.45, 2.75) is 5.33 Å². The molecule has 0 unspecified atom stereocenters. The van der Waals surface area contributed by atoms with E-state index in [2.05, 4.69) is 48.9 Å². The van der Waals surface area contributed by atoms with Crippen LogP contribution >= 0.6 is 27.3 Å². The smallest absolute Gasteiger partial charge is 0.167 e. The lowest BCUT2D eigenvalue weighted by atomic mass is 10.1. The molecule has 0 aliphatic carbocycles. The van der Waals surface area contributed by atoms with Gasteiger partial charge in [-0.1, -0.05) is 15.9 Å². The number of aromatic nitrogens is 4. The van der Waals surface area contributed by atoms with Gasteiger partial charge in [0.25, 0.3) is 0 Å². The fourth-order valence-electron chi connectivity index (χ4n) is 1.72. The Labute approximate surface area is 110 Å². The highest BCUT2D eigenvalue weighted by atomic mass is 79.9. The van der Waals surface area contributed by atoms with Crippen molar-refractivity contribution in [3.8, 4) is 11.4 Å². The lowest BCUT2D eigenvalue weighted by Gasteiger charge is -1.97. The molecule has 4 nitrogen and oxygen atoms in total. The summed E-state index contributed by atoms with van der Waals surface area (Å²) in [5.74, 6) is 0.668. The monoisotopic (exact) mass is 308 g/mol. The molecule has 0 saturated heterocycles. The summed E-state index contributed by atoms with van der Waals surface area (Å²) >= 11 is 5.26. The zero-order chi connectivity index (χ0) is 11.8. The number of nitrogens with zero attached hydrogens (tertiary/aromatic N) is 4. The second-order valence-corrected chi connectivity index (χ2v) is 5.18. The van der Waals surface area contributed by atoms with Gasteiger partial charge < -0.3 is 0 Å². The zero-order valence-electron chi connectivity index (χ0n) is 9.09. The summed E-state index contributed by atoms with van der Waals surface area (Å²) in [7, 11) is 1.77. The molecule has 3 rings (SSSR count). The van der Waals surface area contributed by atoms with E-state index in [4.69, 9.17) is 0 Å². The molecular formula is C11H9BrN4S. The number of hydrogen-bond donors (Lipinski definition) is 0. The molecule has 0 bridgehead atoms. The number of aryl methyl sites for hydroxylation is 1. The summed E-state index contributed by atoms with van der Waals surface area (Å²) in [6, 6.07) is 6.27. The summed E-state index contributed by atoms with van der Waals surface area (Å²) in [6.07, 6.45) is 0. The fourth-order valence-corrected chi connectivity index (χ4v) is 3.35. The molecule has 0 aliphatic rings. The predicted octanol–water partition coefficient (Wildman–Crippen LogP) is 2.99. The molecule has 0 radical (unpaired) electrons. The van der Waals surface area contributed by atoms with Gasteiger partial charge in [-0.05, 0) is 39.7 Å². The number of fused-ring (bicyclic) bond motifs is 1. The van der Waals surface area contributed by atoms with Crippen molar-refractivity contribution in [1.82, 2.24) is 20.2 Å². The van der Waals surface area contributed by atoms with Gasteiger partial charge in [-0.2, -0.15) is 4.80 Å². The first-order valence-corrected chi connectivity index (χ1v) is 7.08. The van der Waals surface area contributed by atoms with Crippen molar-refractivity contribution in [1.29, 1.82) is 0 Å². The van der Waals surface area contributed by atoms with E-state index in [1.807, 2.05) is 6.07 Å². The molecule has 0 atom stereocenters. The summed E-state index contributed by atoms with van der Waals surface area (Å²) in [6.45, 7) is 0. The number of rotatable bonds is 2. The Hall–Kier alpha value is -1.27. The molecular weight excluding hydrogens is 300 g/mol. The van der Waals surface area contributed by atoms with Gasteiger partial charge in [-0.15, -0.1) is 21.5 Å². The van der Waals surface area contributed by atoms with Crippen LogP contribution in [0, 0.1) is 0 Å². The molecule has 86 valence electrons. The van der Waals surface area contributed by atoms with Crippen LogP contribution < -0.4 is 0 Å². The van der Waals surface area contributed by atoms with Gasteiger partial charge in [0.15, 0.2) is 0 Å². The Bertz CT molecular complexity index is 673. The van der Waals surface area contributed by atoms with E-state index < -0.39 is 0 Å². The third kappa shape index (κ3) is 1.87. The molecule has 2 heterocycles. The third-order valence-corrected chi connectivity index (χ3v) is 4.18. The quantitative estimate of drug-likeness (QED) is 0.684. The molecule has 0 N–H and O–H groups in total. The number of hydrogen-bond acceptors (Lipinski definition) is 4. The first-order chi connectivity index (χ1) is 8.28. The summed E-state index contributed by atoms with van der Waals surface area (Å²) in [4.78, 5) is 1.47. The van der Waals surface area contributed by atoms with Gasteiger partial charge in [0.2, 0.25) is 5.82 Å². The van der Waals surface area contributed by atoms with Crippen molar-refractivity contribution in [2.24, 2.45) is 7.05 Å². The average molecular weight is 309 g/mol. The Morgan fingerprint density at radius 1 is 1.41 bits per heavy atom. The Morgan fingerprint density at radius 3 is 3.00 bits per heavy atom. The van der Waals surface area contributed by atoms with Gasteiger partial charge in [0.1, 0.15) is 0 Å². The molecule has 0 saturated carbocycles. The van der Waals surface area contributed by atoms with E-state index in [-0.39, 0.29) is 0 Å². The first-order valence-electron chi connectivity index (χ1n) is 5.08. The highest BCUT2D eigenvalue weighted by Gasteiger charge is 2.08. The molecule has 6 heteroatoms. The van der Waals surface area contributed by atoms with Crippen molar-refractivity contribution >= 4 is 37.4 Å². The summed E-state index contributed by atoms with van der Waals surface area (Å²) in [5, 5.41) is 16.4. The van der Waals surface area contributed by atoms with Gasteiger partial charge in [-0.3, -0.25) is 0 Å². The molecule has 0 fully saturated rings. The fraction of sp³-hybridized carbons (Fsp3) is 0.182. The van der Waals surface area contributed by atoms with Crippen LogP contribution in [0.2, 0.25) is 0 Å². The molecule has 2 aromatic heterocycles. The first kappa shape index (κ1) is 10.9. The van der Waals surface area contributed by atoms with Crippen LogP contribution in [-0.4, -0.2) is 20.2 Å². The summed E-state index contributed by atoms with van der Waals surface area (Å²) < 4.78 is 1.28. The van der Waals surface area contributed by atoms with Crippen LogP contribution in [0.5, 0.6) is 0 Å². The predicted molar refractivity (Wildman–Crippen MR) is 72.2 cm³/mol. The lowest BCUT2D eigenvalue weighted by Crippen LogP contribution is -1.91. The van der Waals surface area contributed by atoms with Crippen LogP contribution in [0.15, 0.2) is 23.6 Å². The van der Waals surface area contributed by atoms with Crippen molar-refractivity contribution < 1.29 is 0 Å². The van der Waals surface area contributed by atoms with Crippen molar-refractivity contribution in [3.05, 3.63) is 29.1 Å². The van der Waals surface area contributed by atoms with E-state index in [0.717, 1.165) is 10.9 Å². The van der Waals surface area contributed by atoms with Gasteiger partial charge >= 0.3 is 0 Å². The van der Waals surface area contributed by atoms with Crippen LogP contribution in [0.3, 0.4) is 0 Å². The molecule has 0 amide bonds. The number of alkyl halides is 1. The topological polar surface area (TPSA) is 43.6 Å². The lowest BCUT2D eigenvalue weighted by molar-refractivity contribution is 0.630. The summed E-state index contributed by atoms with van der Waals surface area (Å²) in [5.41, 5.74) is 2.31. The maximum absolute atomic E-state index is 4.21. The minimum atomic E-state index is 0.668. The second-order valence-electron chi connectivity index (χ2n) is 3.71. The third-order valence-electron chi connectivity index (χ3n) is 2.56. The van der Waals surface area contributed by atoms with Gasteiger partial charge in [-0.25, -0.2) is 0 Å². The minimum Gasteiger partial charge on any atom is -0.167 e. The highest BCUT2D eigenvalue weighted by molar-refractivity contribution is 9.08. The van der Waals surface area contributed by atoms with Crippen molar-refractivity contribution in [2.75, 3.05) is 0 Å². The van der Waals surface area contributed by atoms with E-state index in [1.54, 1.807) is 18.4 Å². The van der Waals surface area contributed by atoms with Gasteiger partial charge in [0.05, 0.1) is 7.05 Å². The second kappa shape index (κ2) is 4.19. The highest BCUT2D eigenvalue weighted by Crippen LogP contribution is 2.30. The maximum atomic E-state index is 4.21. The Kier molecular flexibility index (Phi) is 2.68. The molecule has 0 spiro atoms. The standard InChI is InChI=1S/C11H9BrN4S/c1-16-14-11(13-15-16)7-2-3-10-9(4-7)8(5-12)6-17-10/h2-4,6H,5H2,1H3. The van der Waals surface area contributed by atoms with Crippen LogP contribution in [0.4, 0.5) is 0 Å². The number of benzene rings is 1. The number of tetrazole rings is 1. The minimum absolute atomic E-state index is 0.668. The van der Waals surface area contributed by atoms with E-state index in [9.17, 15) is 0 Å². The molecule has 17 heavy (non-hydrogen) atoms. The largest absolute Gasteiger partial charge is 0.204 e.